The summed E-state index contributed by atoms with van der Waals surface area (Å²) in [7, 11) is 0. The number of aryl methyl sites for hydroxylation is 1. The van der Waals surface area contributed by atoms with Crippen LogP contribution in [0.25, 0.3) is 0 Å². The van der Waals surface area contributed by atoms with Gasteiger partial charge in [-0.05, 0) is 55.3 Å². The van der Waals surface area contributed by atoms with E-state index >= 15 is 0 Å². The van der Waals surface area contributed by atoms with Gasteiger partial charge >= 0.3 is 11.3 Å². The highest BCUT2D eigenvalue weighted by Crippen LogP contribution is 2.20. The summed E-state index contributed by atoms with van der Waals surface area (Å²) in [5, 5.41) is 0. The molecule has 5 heteroatoms. The van der Waals surface area contributed by atoms with Crippen molar-refractivity contribution in [3.8, 4) is 11.5 Å². The Kier molecular flexibility index (Phi) is 12.0. The summed E-state index contributed by atoms with van der Waals surface area (Å²) >= 11 is -1.64. The monoisotopic (exact) mass is 431 g/mol. The maximum Gasteiger partial charge on any atom is 0.316 e. The third kappa shape index (κ3) is 10.7. The fourth-order valence-electron chi connectivity index (χ4n) is 3.28. The van der Waals surface area contributed by atoms with Gasteiger partial charge in [-0.3, -0.25) is 4.72 Å². The van der Waals surface area contributed by atoms with E-state index in [9.17, 15) is 4.21 Å². The maximum atomic E-state index is 12.1. The lowest BCUT2D eigenvalue weighted by molar-refractivity contribution is 0.304. The molecule has 1 N–H and O–H groups in total. The van der Waals surface area contributed by atoms with Crippen LogP contribution in [0.4, 0.5) is 5.69 Å². The molecule has 2 rings (SSSR count). The number of benzene rings is 2. The molecule has 0 aliphatic rings. The van der Waals surface area contributed by atoms with Gasteiger partial charge in [-0.15, -0.1) is 0 Å². The molecule has 0 saturated carbocycles. The summed E-state index contributed by atoms with van der Waals surface area (Å²) in [5.41, 5.74) is 1.87. The molecule has 0 spiro atoms. The van der Waals surface area contributed by atoms with Crippen LogP contribution in [0.2, 0.25) is 0 Å². The zero-order valence-electron chi connectivity index (χ0n) is 18.5. The molecule has 0 aliphatic carbocycles. The predicted molar refractivity (Wildman–Crippen MR) is 127 cm³/mol. The fraction of sp³-hybridized carbons (Fsp3) is 0.520. The van der Waals surface area contributed by atoms with Crippen molar-refractivity contribution >= 4 is 17.0 Å². The van der Waals surface area contributed by atoms with E-state index in [1.54, 1.807) is 12.1 Å². The number of anilines is 1. The van der Waals surface area contributed by atoms with E-state index in [0.717, 1.165) is 30.0 Å². The second-order valence-electron chi connectivity index (χ2n) is 7.79. The Bertz CT molecular complexity index is 733. The Labute approximate surface area is 185 Å². The van der Waals surface area contributed by atoms with Gasteiger partial charge in [0.15, 0.2) is 0 Å². The Morgan fingerprint density at radius 1 is 0.800 bits per heavy atom. The molecule has 0 aliphatic heterocycles. The molecule has 0 aromatic heterocycles. The number of hydrogen-bond acceptors (Lipinski definition) is 3. The Balaban J connectivity index is 1.54. The van der Waals surface area contributed by atoms with Crippen molar-refractivity contribution < 1.29 is 13.1 Å². The van der Waals surface area contributed by atoms with Crippen molar-refractivity contribution in [3.05, 3.63) is 54.1 Å². The first-order chi connectivity index (χ1) is 14.7. The topological polar surface area (TPSA) is 47.6 Å². The van der Waals surface area contributed by atoms with Crippen LogP contribution in [-0.2, 0) is 11.3 Å². The lowest BCUT2D eigenvalue weighted by atomic mass is 10.1. The quantitative estimate of drug-likeness (QED) is 0.282. The third-order valence-corrected chi connectivity index (χ3v) is 5.73. The zero-order valence-corrected chi connectivity index (χ0v) is 19.3. The Morgan fingerprint density at radius 2 is 1.40 bits per heavy atom. The van der Waals surface area contributed by atoms with Crippen molar-refractivity contribution in [2.45, 2.75) is 78.1 Å². The number of nitrogens with one attached hydrogen (secondary N) is 1. The van der Waals surface area contributed by atoms with Crippen LogP contribution < -0.4 is 13.6 Å². The Morgan fingerprint density at radius 3 is 2.03 bits per heavy atom. The van der Waals surface area contributed by atoms with Crippen LogP contribution in [-0.4, -0.2) is 10.8 Å². The molecule has 1 atom stereocenters. The molecule has 0 bridgehead atoms. The lowest BCUT2D eigenvalue weighted by Crippen LogP contribution is -2.11. The molecule has 4 nitrogen and oxygen atoms in total. The molecule has 2 aromatic rings. The molecule has 0 saturated heterocycles. The maximum absolute atomic E-state index is 12.1. The van der Waals surface area contributed by atoms with Gasteiger partial charge in [0, 0.05) is 5.69 Å². The summed E-state index contributed by atoms with van der Waals surface area (Å²) < 4.78 is 26.2. The zero-order chi connectivity index (χ0) is 21.4. The van der Waals surface area contributed by atoms with Crippen LogP contribution in [0.15, 0.2) is 48.5 Å². The summed E-state index contributed by atoms with van der Waals surface area (Å²) in [5.74, 6) is 1.36. The van der Waals surface area contributed by atoms with Gasteiger partial charge in [-0.1, -0.05) is 76.8 Å². The van der Waals surface area contributed by atoms with Crippen LogP contribution in [0.1, 0.15) is 76.7 Å². The van der Waals surface area contributed by atoms with Gasteiger partial charge in [-0.25, -0.2) is 0 Å². The van der Waals surface area contributed by atoms with Crippen LogP contribution in [0.3, 0.4) is 0 Å². The van der Waals surface area contributed by atoms with Gasteiger partial charge in [-0.2, -0.15) is 4.21 Å². The Hall–Kier alpha value is -2.01. The smallest absolute Gasteiger partial charge is 0.316 e. The molecule has 30 heavy (non-hydrogen) atoms. The number of unbranched alkanes of at least 4 members (excludes halogenated alkanes) is 9. The van der Waals surface area contributed by atoms with E-state index in [0.29, 0.717) is 5.75 Å². The summed E-state index contributed by atoms with van der Waals surface area (Å²) in [6, 6.07) is 15.0. The first-order valence-corrected chi connectivity index (χ1v) is 12.4. The molecule has 1 unspecified atom stereocenters. The van der Waals surface area contributed by atoms with Crippen LogP contribution in [0.5, 0.6) is 11.5 Å². The second-order valence-corrected chi connectivity index (χ2v) is 8.63. The molecular weight excluding hydrogens is 394 g/mol. The SMILES string of the molecule is CCCCCCCCCCCCOc1ccc(OS(=O)Nc2cccc(C)c2)cc1. The van der Waals surface area contributed by atoms with Gasteiger partial charge in [0.05, 0.1) is 6.61 Å². The minimum atomic E-state index is -1.64. The van der Waals surface area contributed by atoms with Crippen molar-refractivity contribution in [1.29, 1.82) is 0 Å². The van der Waals surface area contributed by atoms with Gasteiger partial charge in [0.25, 0.3) is 0 Å². The third-order valence-electron chi connectivity index (χ3n) is 4.98. The first kappa shape index (κ1) is 24.3. The first-order valence-electron chi connectivity index (χ1n) is 11.3. The molecule has 0 radical (unpaired) electrons. The molecule has 2 aromatic carbocycles. The minimum absolute atomic E-state index is 0.541. The van der Waals surface area contributed by atoms with Crippen molar-refractivity contribution in [1.82, 2.24) is 0 Å². The van der Waals surface area contributed by atoms with E-state index in [4.69, 9.17) is 8.92 Å². The highest BCUT2D eigenvalue weighted by molar-refractivity contribution is 7.81. The molecular formula is C25H37NO3S. The van der Waals surface area contributed by atoms with E-state index in [2.05, 4.69) is 11.6 Å². The standard InChI is InChI=1S/C25H37NO3S/c1-3-4-5-6-7-8-9-10-11-12-20-28-24-16-18-25(19-17-24)29-30(27)26-23-15-13-14-22(2)21-23/h13-19,21,26H,3-12,20H2,1-2H3. The highest BCUT2D eigenvalue weighted by atomic mass is 32.2. The summed E-state index contributed by atoms with van der Waals surface area (Å²) in [6.45, 7) is 4.98. The van der Waals surface area contributed by atoms with Crippen LogP contribution in [0, 0.1) is 6.92 Å². The molecule has 166 valence electrons. The number of hydrogen-bond donors (Lipinski definition) is 1. The number of ether oxygens (including phenoxy) is 1. The minimum Gasteiger partial charge on any atom is -0.494 e. The summed E-state index contributed by atoms with van der Waals surface area (Å²) in [4.78, 5) is 0. The lowest BCUT2D eigenvalue weighted by Gasteiger charge is -2.09. The van der Waals surface area contributed by atoms with Gasteiger partial charge < -0.3 is 8.92 Å². The molecule has 0 fully saturated rings. The van der Waals surface area contributed by atoms with Crippen LogP contribution >= 0.6 is 0 Å². The van der Waals surface area contributed by atoms with Gasteiger partial charge in [0.2, 0.25) is 0 Å². The predicted octanol–water partition coefficient (Wildman–Crippen LogP) is 7.36. The fourth-order valence-corrected chi connectivity index (χ4v) is 3.93. The van der Waals surface area contributed by atoms with E-state index < -0.39 is 11.3 Å². The molecule has 0 heterocycles. The van der Waals surface area contributed by atoms with E-state index in [1.165, 1.54) is 57.8 Å². The average molecular weight is 432 g/mol. The van der Waals surface area contributed by atoms with E-state index in [-0.39, 0.29) is 0 Å². The molecule has 0 amide bonds. The average Bonchev–Trinajstić information content (AvgIpc) is 2.73. The second kappa shape index (κ2) is 14.9. The van der Waals surface area contributed by atoms with Gasteiger partial charge in [0.1, 0.15) is 11.5 Å². The van der Waals surface area contributed by atoms with E-state index in [1.807, 2.05) is 43.3 Å². The van der Waals surface area contributed by atoms with Crippen molar-refractivity contribution in [2.75, 3.05) is 11.3 Å². The van der Waals surface area contributed by atoms with Crippen molar-refractivity contribution in [2.24, 2.45) is 0 Å². The van der Waals surface area contributed by atoms with Crippen molar-refractivity contribution in [3.63, 3.8) is 0 Å². The highest BCUT2D eigenvalue weighted by Gasteiger charge is 2.04. The summed E-state index contributed by atoms with van der Waals surface area (Å²) in [6.07, 6.45) is 13.2. The normalized spacial score (nSPS) is 11.8. The number of rotatable bonds is 16. The largest absolute Gasteiger partial charge is 0.494 e.